The molecule has 4 unspecified atom stereocenters. The van der Waals surface area contributed by atoms with Crippen LogP contribution in [0.3, 0.4) is 0 Å². The predicted octanol–water partition coefficient (Wildman–Crippen LogP) is 33.9. The van der Waals surface area contributed by atoms with E-state index in [-0.39, 0.29) is 5.41 Å². The molecule has 0 saturated carbocycles. The van der Waals surface area contributed by atoms with Crippen molar-refractivity contribution >= 4 is 54.9 Å². The van der Waals surface area contributed by atoms with Crippen molar-refractivity contribution in [3.8, 4) is 156 Å². The van der Waals surface area contributed by atoms with Gasteiger partial charge < -0.3 is 0 Å². The molecule has 24 rings (SSSR count). The lowest BCUT2D eigenvalue weighted by molar-refractivity contribution is 0.395. The van der Waals surface area contributed by atoms with Crippen LogP contribution in [0.25, 0.3) is 199 Å². The quantitative estimate of drug-likeness (QED) is 0.109. The average molecular weight is 1650 g/mol. The number of fused-ring (bicyclic) bond motifs is 10. The van der Waals surface area contributed by atoms with Crippen molar-refractivity contribution in [2.45, 2.75) is 41.2 Å². The summed E-state index contributed by atoms with van der Waals surface area (Å²) in [4.78, 5) is 12.4. The maximum atomic E-state index is 5.51. The molecule has 128 heavy (non-hydrogen) atoms. The minimum absolute atomic E-state index is 0.00720. The minimum Gasteiger partial charge on any atom is -0.248 e. The fourth-order valence-corrected chi connectivity index (χ4v) is 22.1. The highest BCUT2D eigenvalue weighted by molar-refractivity contribution is 8.00. The largest absolute Gasteiger partial charge is 0.248 e. The van der Waals surface area contributed by atoms with Gasteiger partial charge in [-0.05, 0) is 207 Å². The number of thioether (sulfide) groups is 1. The molecule has 20 aromatic rings. The summed E-state index contributed by atoms with van der Waals surface area (Å²) in [7, 11) is 0. The van der Waals surface area contributed by atoms with Gasteiger partial charge in [0.15, 0.2) is 0 Å². The van der Waals surface area contributed by atoms with Gasteiger partial charge in [0.05, 0.1) is 22.8 Å². The van der Waals surface area contributed by atoms with Gasteiger partial charge in [-0.2, -0.15) is 0 Å². The number of rotatable bonds is 14. The summed E-state index contributed by atoms with van der Waals surface area (Å²) in [6.45, 7) is 4.86. The van der Waals surface area contributed by atoms with Gasteiger partial charge in [-0.15, -0.1) is 11.8 Å². The van der Waals surface area contributed by atoms with E-state index in [1.54, 1.807) is 0 Å². The number of hydrogen-bond acceptors (Lipinski definition) is 3. The highest BCUT2D eigenvalue weighted by atomic mass is 32.2. The first-order valence-corrected chi connectivity index (χ1v) is 45.5. The van der Waals surface area contributed by atoms with Gasteiger partial charge in [0.1, 0.15) is 0 Å². The van der Waals surface area contributed by atoms with Crippen molar-refractivity contribution in [2.24, 2.45) is 5.92 Å². The Morgan fingerprint density at radius 1 is 0.211 bits per heavy atom. The molecule has 0 radical (unpaired) electrons. The van der Waals surface area contributed by atoms with Crippen LogP contribution in [0.2, 0.25) is 0 Å². The number of pyridine rings is 2. The van der Waals surface area contributed by atoms with E-state index in [1.807, 2.05) is 11.8 Å². The maximum Gasteiger partial charge on any atom is 0.0721 e. The Morgan fingerprint density at radius 3 is 0.984 bits per heavy atom. The Balaban J connectivity index is 0.000000147. The van der Waals surface area contributed by atoms with E-state index in [0.29, 0.717) is 23.0 Å². The Bertz CT molecular complexity index is 7800. The van der Waals surface area contributed by atoms with Gasteiger partial charge in [-0.25, -0.2) is 9.97 Å². The second kappa shape index (κ2) is 32.9. The standard InChI is InChI=1S/C64H47N.C61H41NS/c1-64(2)60-25-11-10-21-56(60)59-24-13-23-58(63(59)64)55-38-39-57(54-20-9-8-19-53(54)55)62-41-50(46-30-34-48(35-31-46)52-22-12-17-47-16-6-7-18-51(47)52)40-61(65-62)49-36-32-45(33-37-49)44-28-26-43(27-29-44)42-14-4-3-5-15-42;1-2-12-40(13-3-1)41-24-26-42(27-25-41)43-30-34-47(35-31-43)58-38-48(44-28-32-46(33-29-44)50-20-10-15-45-14-4-5-16-49(45)50)39-59(62-58)54-37-36-53(51-17-6-7-18-52(51)54)56-21-11-22-57-55-19-8-9-23-60(55)63-61(56)57/h3-41,56,60H,1-2H3;1-39,55,60H. The van der Waals surface area contributed by atoms with E-state index in [1.165, 1.54) is 154 Å². The van der Waals surface area contributed by atoms with E-state index in [9.17, 15) is 0 Å². The van der Waals surface area contributed by atoms with Crippen molar-refractivity contribution in [1.82, 2.24) is 9.97 Å². The summed E-state index contributed by atoms with van der Waals surface area (Å²) in [5, 5.41) is 10.3. The fraction of sp³-hybridized carbons (Fsp3) is 0.0560. The van der Waals surface area contributed by atoms with Gasteiger partial charge in [0.25, 0.3) is 0 Å². The number of nitrogens with zero attached hydrogens (tertiary/aromatic N) is 2. The highest BCUT2D eigenvalue weighted by Crippen LogP contribution is 2.57. The monoisotopic (exact) mass is 1650 g/mol. The lowest BCUT2D eigenvalue weighted by atomic mass is 9.73. The summed E-state index contributed by atoms with van der Waals surface area (Å²) in [6.07, 6.45) is 18.4. The Labute approximate surface area is 752 Å². The zero-order valence-electron chi connectivity index (χ0n) is 71.1. The first-order valence-electron chi connectivity index (χ1n) is 44.6. The molecule has 604 valence electrons. The summed E-state index contributed by atoms with van der Waals surface area (Å²) >= 11 is 2.00. The van der Waals surface area contributed by atoms with Gasteiger partial charge in [0, 0.05) is 44.2 Å². The molecule has 3 aliphatic carbocycles. The fourth-order valence-electron chi connectivity index (χ4n) is 20.6. The van der Waals surface area contributed by atoms with Crippen LogP contribution in [-0.4, -0.2) is 15.2 Å². The lowest BCUT2D eigenvalue weighted by Crippen LogP contribution is -2.25. The number of hydrogen-bond donors (Lipinski definition) is 0. The summed E-state index contributed by atoms with van der Waals surface area (Å²) < 4.78 is 0. The smallest absolute Gasteiger partial charge is 0.0721 e. The Kier molecular flexibility index (Phi) is 19.9. The van der Waals surface area contributed by atoms with Crippen LogP contribution in [-0.2, 0) is 5.41 Å². The Hall–Kier alpha value is -15.4. The molecule has 2 nitrogen and oxygen atoms in total. The lowest BCUT2D eigenvalue weighted by Gasteiger charge is -2.30. The molecule has 1 aliphatic heterocycles. The third-order valence-electron chi connectivity index (χ3n) is 27.1. The molecule has 3 heterocycles. The molecule has 2 aromatic heterocycles. The number of aromatic nitrogens is 2. The molecule has 0 bridgehead atoms. The first-order chi connectivity index (χ1) is 63.2. The van der Waals surface area contributed by atoms with Crippen molar-refractivity contribution in [1.29, 1.82) is 0 Å². The van der Waals surface area contributed by atoms with Gasteiger partial charge in [-0.3, -0.25) is 0 Å². The van der Waals surface area contributed by atoms with Crippen LogP contribution in [0, 0.1) is 5.92 Å². The van der Waals surface area contributed by atoms with Crippen molar-refractivity contribution in [3.63, 3.8) is 0 Å². The average Bonchev–Trinajstić information content (AvgIpc) is 1.55. The third-order valence-corrected chi connectivity index (χ3v) is 28.5. The van der Waals surface area contributed by atoms with Gasteiger partial charge >= 0.3 is 0 Å². The van der Waals surface area contributed by atoms with Crippen LogP contribution in [0.5, 0.6) is 0 Å². The zero-order chi connectivity index (χ0) is 85.2. The molecule has 0 N–H and O–H groups in total. The number of benzene rings is 18. The molecule has 0 spiro atoms. The number of allylic oxidation sites excluding steroid dienone is 7. The predicted molar refractivity (Wildman–Crippen MR) is 543 cm³/mol. The van der Waals surface area contributed by atoms with Crippen molar-refractivity contribution in [3.05, 3.63) is 490 Å². The zero-order valence-corrected chi connectivity index (χ0v) is 72.0. The van der Waals surface area contributed by atoms with E-state index in [4.69, 9.17) is 9.97 Å². The Morgan fingerprint density at radius 2 is 0.523 bits per heavy atom. The molecular formula is C125H88N2S. The van der Waals surface area contributed by atoms with E-state index >= 15 is 0 Å². The molecule has 18 aromatic carbocycles. The SMILES string of the molecule is C1=CC2Sc3c(-c4ccc(-c5cc(-c6ccc(-c7cccc8ccccc78)cc6)cc(-c6ccc(-c7ccc(-c8ccccc8)cc7)cc6)n5)c5ccccc45)cccc3C2C=C1.CC1(C)c2c(-c3ccc(-c4cc(-c5ccc(-c6cccc7ccccc67)cc5)cc(-c5ccc(-c6ccc(-c7ccccc7)cc6)cc5)n4)c4ccccc34)cccc2C2C=CC=CC21. The molecule has 3 heteroatoms. The topological polar surface area (TPSA) is 25.8 Å². The molecule has 4 atom stereocenters. The minimum atomic E-state index is -0.00720. The summed E-state index contributed by atoms with van der Waals surface area (Å²) in [5.41, 5.74) is 36.8. The highest BCUT2D eigenvalue weighted by Gasteiger charge is 2.46. The normalized spacial score (nSPS) is 15.5. The molecule has 0 fully saturated rings. The van der Waals surface area contributed by atoms with Crippen LogP contribution in [0.1, 0.15) is 42.4 Å². The van der Waals surface area contributed by atoms with Crippen molar-refractivity contribution < 1.29 is 0 Å². The first kappa shape index (κ1) is 77.4. The molecule has 0 amide bonds. The van der Waals surface area contributed by atoms with Crippen LogP contribution in [0.15, 0.2) is 478 Å². The van der Waals surface area contributed by atoms with E-state index in [0.717, 1.165) is 67.3 Å². The second-order valence-corrected chi connectivity index (χ2v) is 36.0. The van der Waals surface area contributed by atoms with Gasteiger partial charge in [0.2, 0.25) is 0 Å². The maximum absolute atomic E-state index is 5.51. The second-order valence-electron chi connectivity index (χ2n) is 34.8. The molecule has 0 saturated heterocycles. The molecule has 4 aliphatic rings. The molecular weight excluding hydrogens is 1560 g/mol. The summed E-state index contributed by atoms with van der Waals surface area (Å²) in [6, 6.07) is 155. The third kappa shape index (κ3) is 14.3. The van der Waals surface area contributed by atoms with E-state index < -0.39 is 0 Å². The van der Waals surface area contributed by atoms with Crippen LogP contribution >= 0.6 is 11.8 Å². The van der Waals surface area contributed by atoms with Crippen molar-refractivity contribution in [2.75, 3.05) is 0 Å². The van der Waals surface area contributed by atoms with Crippen LogP contribution < -0.4 is 0 Å². The van der Waals surface area contributed by atoms with Gasteiger partial charge in [-0.1, -0.05) is 463 Å². The summed E-state index contributed by atoms with van der Waals surface area (Å²) in [5.74, 6) is 1.26. The van der Waals surface area contributed by atoms with E-state index in [2.05, 4.69) is 487 Å². The van der Waals surface area contributed by atoms with Crippen LogP contribution in [0.4, 0.5) is 0 Å².